The van der Waals surface area contributed by atoms with Crippen LogP contribution in [-0.4, -0.2) is 87.6 Å². The van der Waals surface area contributed by atoms with Crippen molar-refractivity contribution in [2.75, 3.05) is 46.4 Å². The third-order valence-electron chi connectivity index (χ3n) is 8.84. The predicted molar refractivity (Wildman–Crippen MR) is 157 cm³/mol. The van der Waals surface area contributed by atoms with Crippen LogP contribution in [0.4, 0.5) is 22.4 Å². The van der Waals surface area contributed by atoms with Gasteiger partial charge in [-0.1, -0.05) is 54.6 Å². The number of carbonyl (C=O) groups excluding carboxylic acids is 2. The topological polar surface area (TPSA) is 87.2 Å². The molecule has 2 heterocycles. The van der Waals surface area contributed by atoms with Gasteiger partial charge in [0.05, 0.1) is 4.90 Å². The molecule has 2 aliphatic rings. The number of ether oxygens (including phenoxy) is 1. The van der Waals surface area contributed by atoms with Crippen LogP contribution in [-0.2, 0) is 29.7 Å². The van der Waals surface area contributed by atoms with Gasteiger partial charge in [0.25, 0.3) is 0 Å². The minimum absolute atomic E-state index is 0.0431. The molecule has 8 nitrogen and oxygen atoms in total. The summed E-state index contributed by atoms with van der Waals surface area (Å²) in [5.41, 5.74) is -3.04. The number of alkyl halides is 3. The van der Waals surface area contributed by atoms with Crippen molar-refractivity contribution < 1.29 is 40.3 Å². The van der Waals surface area contributed by atoms with E-state index in [1.807, 2.05) is 0 Å². The van der Waals surface area contributed by atoms with Crippen molar-refractivity contribution >= 4 is 21.8 Å². The fourth-order valence-corrected chi connectivity index (χ4v) is 8.41. The molecule has 45 heavy (non-hydrogen) atoms. The molecule has 0 bridgehead atoms. The number of likely N-dealkylation sites (tertiary alicyclic amines) is 1. The molecule has 0 radical (unpaired) electrons. The van der Waals surface area contributed by atoms with Crippen molar-refractivity contribution in [3.8, 4) is 0 Å². The summed E-state index contributed by atoms with van der Waals surface area (Å²) in [5.74, 6) is -0.740. The van der Waals surface area contributed by atoms with Gasteiger partial charge in [0, 0.05) is 53.3 Å². The van der Waals surface area contributed by atoms with Crippen molar-refractivity contribution in [3.63, 3.8) is 0 Å². The summed E-state index contributed by atoms with van der Waals surface area (Å²) in [6, 6.07) is 16.1. The standard InChI is InChI=1S/C32H33F4N3O5S/c1-23(40)37-18-20-38(21-19-37)29(41)39-17-16-30(22-39,45(42,43)28-14-12-27(33)13-15-28)24-8-10-26(11-9-24)31(44-2,32(34,35)36)25-6-4-3-5-7-25/h3-15H,16-22H2,1-2H3/t30-,31?/m0/s1. The van der Waals surface area contributed by atoms with Gasteiger partial charge in [0.1, 0.15) is 10.6 Å². The van der Waals surface area contributed by atoms with Crippen LogP contribution >= 0.6 is 0 Å². The zero-order valence-corrected chi connectivity index (χ0v) is 25.6. The van der Waals surface area contributed by atoms with Crippen molar-refractivity contribution in [1.29, 1.82) is 0 Å². The van der Waals surface area contributed by atoms with Gasteiger partial charge in [0.2, 0.25) is 11.5 Å². The molecule has 0 N–H and O–H groups in total. The minimum Gasteiger partial charge on any atom is -0.360 e. The summed E-state index contributed by atoms with van der Waals surface area (Å²) in [6.07, 6.45) is -4.91. The monoisotopic (exact) mass is 647 g/mol. The zero-order valence-electron chi connectivity index (χ0n) is 24.8. The second-order valence-corrected chi connectivity index (χ2v) is 13.5. The van der Waals surface area contributed by atoms with Crippen LogP contribution in [0.15, 0.2) is 83.8 Å². The van der Waals surface area contributed by atoms with Crippen LogP contribution in [0.3, 0.4) is 0 Å². The molecule has 1 unspecified atom stereocenters. The third-order valence-corrected chi connectivity index (χ3v) is 11.3. The lowest BCUT2D eigenvalue weighted by Crippen LogP contribution is -2.54. The number of urea groups is 1. The third kappa shape index (κ3) is 5.56. The van der Waals surface area contributed by atoms with E-state index < -0.39 is 38.2 Å². The van der Waals surface area contributed by atoms with Crippen LogP contribution in [0.5, 0.6) is 0 Å². The number of rotatable bonds is 6. The van der Waals surface area contributed by atoms with E-state index in [9.17, 15) is 35.6 Å². The molecule has 0 spiro atoms. The molecule has 3 amide bonds. The Hall–Kier alpha value is -3.97. The smallest absolute Gasteiger partial charge is 0.360 e. The maximum Gasteiger partial charge on any atom is 0.425 e. The summed E-state index contributed by atoms with van der Waals surface area (Å²) in [5, 5.41) is 0. The number of methoxy groups -OCH3 is 1. The molecule has 2 atom stereocenters. The fourth-order valence-electron chi connectivity index (χ4n) is 6.33. The first-order chi connectivity index (χ1) is 21.3. The normalized spacial score (nSPS) is 20.6. The van der Waals surface area contributed by atoms with Crippen molar-refractivity contribution in [2.45, 2.75) is 34.8 Å². The van der Waals surface area contributed by atoms with E-state index in [-0.39, 0.29) is 60.1 Å². The first kappa shape index (κ1) is 32.4. The number of sulfone groups is 1. The summed E-state index contributed by atoms with van der Waals surface area (Å²) in [4.78, 5) is 29.7. The van der Waals surface area contributed by atoms with Crippen LogP contribution in [0.2, 0.25) is 0 Å². The molecule has 2 aliphatic heterocycles. The Morgan fingerprint density at radius 2 is 1.33 bits per heavy atom. The Morgan fingerprint density at radius 3 is 1.87 bits per heavy atom. The average molecular weight is 648 g/mol. The Kier molecular flexibility index (Phi) is 8.71. The summed E-state index contributed by atoms with van der Waals surface area (Å²) in [6.45, 7) is 2.47. The number of piperazine rings is 1. The molecule has 13 heteroatoms. The van der Waals surface area contributed by atoms with E-state index in [4.69, 9.17) is 4.74 Å². The van der Waals surface area contributed by atoms with Crippen molar-refractivity contribution in [1.82, 2.24) is 14.7 Å². The highest BCUT2D eigenvalue weighted by Gasteiger charge is 2.59. The van der Waals surface area contributed by atoms with Crippen molar-refractivity contribution in [2.24, 2.45) is 0 Å². The molecule has 3 aromatic carbocycles. The molecule has 2 saturated heterocycles. The SMILES string of the molecule is COC(c1ccccc1)(c1ccc([C@]2(S(=O)(=O)c3ccc(F)cc3)CCN(C(=O)N3CCN(C(C)=O)CC3)C2)cc1)C(F)(F)F. The maximum atomic E-state index is 14.7. The Bertz CT molecular complexity index is 1640. The van der Waals surface area contributed by atoms with Gasteiger partial charge in [-0.2, -0.15) is 13.2 Å². The summed E-state index contributed by atoms with van der Waals surface area (Å²) >= 11 is 0. The highest BCUT2D eigenvalue weighted by molar-refractivity contribution is 7.92. The molecular weight excluding hydrogens is 614 g/mol. The van der Waals surface area contributed by atoms with Gasteiger partial charge in [-0.3, -0.25) is 4.79 Å². The Balaban J connectivity index is 1.55. The number of carbonyl (C=O) groups is 2. The molecule has 0 aliphatic carbocycles. The maximum absolute atomic E-state index is 14.7. The number of amides is 3. The van der Waals surface area contributed by atoms with Gasteiger partial charge in [-0.25, -0.2) is 17.6 Å². The lowest BCUT2D eigenvalue weighted by atomic mass is 9.84. The van der Waals surface area contributed by atoms with Crippen LogP contribution < -0.4 is 0 Å². The zero-order chi connectivity index (χ0) is 32.6. The van der Waals surface area contributed by atoms with E-state index in [0.717, 1.165) is 31.4 Å². The molecular formula is C32H33F4N3O5S. The number of nitrogens with zero attached hydrogens (tertiary/aromatic N) is 3. The summed E-state index contributed by atoms with van der Waals surface area (Å²) in [7, 11) is -3.34. The van der Waals surface area contributed by atoms with Crippen LogP contribution in [0.25, 0.3) is 0 Å². The first-order valence-electron chi connectivity index (χ1n) is 14.3. The summed E-state index contributed by atoms with van der Waals surface area (Å²) < 4.78 is 90.1. The largest absolute Gasteiger partial charge is 0.425 e. The minimum atomic E-state index is -4.87. The Labute approximate surface area is 259 Å². The molecule has 5 rings (SSSR count). The van der Waals surface area contributed by atoms with Crippen LogP contribution in [0, 0.1) is 5.82 Å². The van der Waals surface area contributed by atoms with Gasteiger partial charge < -0.3 is 19.4 Å². The lowest BCUT2D eigenvalue weighted by molar-refractivity contribution is -0.258. The second kappa shape index (κ2) is 12.1. The molecule has 0 aromatic heterocycles. The highest BCUT2D eigenvalue weighted by atomic mass is 32.2. The highest BCUT2D eigenvalue weighted by Crippen LogP contribution is 2.49. The number of halogens is 4. The van der Waals surface area contributed by atoms with Gasteiger partial charge in [0.15, 0.2) is 9.84 Å². The molecule has 240 valence electrons. The Morgan fingerprint density at radius 1 is 0.778 bits per heavy atom. The van der Waals surface area contributed by atoms with Gasteiger partial charge >= 0.3 is 12.2 Å². The van der Waals surface area contributed by atoms with E-state index >= 15 is 0 Å². The molecule has 0 saturated carbocycles. The van der Waals surface area contributed by atoms with Crippen molar-refractivity contribution in [3.05, 3.63) is 101 Å². The quantitative estimate of drug-likeness (QED) is 0.280. The number of hydrogen-bond acceptors (Lipinski definition) is 5. The van der Waals surface area contributed by atoms with E-state index in [1.165, 1.54) is 60.4 Å². The fraction of sp³-hybridized carbons (Fsp3) is 0.375. The number of hydrogen-bond donors (Lipinski definition) is 0. The first-order valence-corrected chi connectivity index (χ1v) is 15.8. The average Bonchev–Trinajstić information content (AvgIpc) is 3.49. The van der Waals surface area contributed by atoms with Gasteiger partial charge in [-0.05, 0) is 47.4 Å². The van der Waals surface area contributed by atoms with Gasteiger partial charge in [-0.15, -0.1) is 0 Å². The van der Waals surface area contributed by atoms with Crippen LogP contribution in [0.1, 0.15) is 30.0 Å². The molecule has 2 fully saturated rings. The van der Waals surface area contributed by atoms with E-state index in [0.29, 0.717) is 13.1 Å². The predicted octanol–water partition coefficient (Wildman–Crippen LogP) is 4.94. The van der Waals surface area contributed by atoms with E-state index in [2.05, 4.69) is 0 Å². The second-order valence-electron chi connectivity index (χ2n) is 11.2. The number of benzene rings is 3. The lowest BCUT2D eigenvalue weighted by Gasteiger charge is -2.37. The van der Waals surface area contributed by atoms with E-state index in [1.54, 1.807) is 15.9 Å². The molecule has 3 aromatic rings.